The number of anilines is 1. The van der Waals surface area contributed by atoms with E-state index in [1.54, 1.807) is 24.4 Å². The van der Waals surface area contributed by atoms with Crippen LogP contribution in [0.5, 0.6) is 5.75 Å². The number of aromatic nitrogens is 2. The first-order valence-corrected chi connectivity index (χ1v) is 9.60. The number of carbonyl (C=O) groups is 1. The van der Waals surface area contributed by atoms with Gasteiger partial charge in [0.25, 0.3) is 5.91 Å². The fraction of sp³-hybridized carbons (Fsp3) is 0.261. The summed E-state index contributed by atoms with van der Waals surface area (Å²) in [4.78, 5) is 21.5. The molecule has 1 aromatic heterocycles. The lowest BCUT2D eigenvalue weighted by molar-refractivity contribution is 0.0619. The van der Waals surface area contributed by atoms with E-state index in [-0.39, 0.29) is 17.6 Å². The van der Waals surface area contributed by atoms with E-state index in [0.29, 0.717) is 23.6 Å². The van der Waals surface area contributed by atoms with Gasteiger partial charge in [0.2, 0.25) is 0 Å². The highest BCUT2D eigenvalue weighted by molar-refractivity contribution is 5.95. The Bertz CT molecular complexity index is 1080. The Kier molecular flexibility index (Phi) is 4.70. The molecule has 0 spiro atoms. The van der Waals surface area contributed by atoms with Gasteiger partial charge >= 0.3 is 0 Å². The molecule has 3 aromatic rings. The third-order valence-electron chi connectivity index (χ3n) is 4.99. The molecule has 2 heterocycles. The van der Waals surface area contributed by atoms with E-state index in [0.717, 1.165) is 22.4 Å². The molecule has 1 aliphatic rings. The second-order valence-corrected chi connectivity index (χ2v) is 8.02. The smallest absolute Gasteiger partial charge is 0.251 e. The highest BCUT2D eigenvalue weighted by Gasteiger charge is 2.34. The molecule has 1 atom stereocenters. The van der Waals surface area contributed by atoms with Gasteiger partial charge < -0.3 is 15.8 Å². The molecule has 0 radical (unpaired) electrons. The average molecular weight is 388 g/mol. The van der Waals surface area contributed by atoms with Crippen LogP contribution in [0.3, 0.4) is 0 Å². The Morgan fingerprint density at radius 1 is 1.21 bits per heavy atom. The molecule has 0 fully saturated rings. The van der Waals surface area contributed by atoms with Crippen LogP contribution in [0.4, 0.5) is 5.82 Å². The summed E-state index contributed by atoms with van der Waals surface area (Å²) >= 11 is 0. The van der Waals surface area contributed by atoms with Crippen LogP contribution in [0.25, 0.3) is 11.4 Å². The van der Waals surface area contributed by atoms with Crippen LogP contribution in [0.1, 0.15) is 47.8 Å². The number of amides is 1. The third kappa shape index (κ3) is 4.06. The lowest BCUT2D eigenvalue weighted by Gasteiger charge is -2.38. The van der Waals surface area contributed by atoms with Crippen molar-refractivity contribution in [2.75, 3.05) is 5.73 Å². The van der Waals surface area contributed by atoms with E-state index in [1.807, 2.05) is 51.1 Å². The predicted molar refractivity (Wildman–Crippen MR) is 113 cm³/mol. The van der Waals surface area contributed by atoms with Crippen LogP contribution in [0.15, 0.2) is 54.7 Å². The van der Waals surface area contributed by atoms with E-state index in [2.05, 4.69) is 15.3 Å². The van der Waals surface area contributed by atoms with Crippen LogP contribution >= 0.6 is 0 Å². The predicted octanol–water partition coefficient (Wildman–Crippen LogP) is 4.07. The highest BCUT2D eigenvalue weighted by atomic mass is 16.5. The number of nitrogens with zero attached hydrogens (tertiary/aromatic N) is 2. The number of hydrogen-bond donors (Lipinski definition) is 2. The topological polar surface area (TPSA) is 90.1 Å². The largest absolute Gasteiger partial charge is 0.487 e. The van der Waals surface area contributed by atoms with Crippen LogP contribution in [0, 0.1) is 6.92 Å². The zero-order chi connectivity index (χ0) is 20.6. The van der Waals surface area contributed by atoms with Gasteiger partial charge in [-0.3, -0.25) is 4.79 Å². The summed E-state index contributed by atoms with van der Waals surface area (Å²) < 4.78 is 6.13. The number of nitrogen functional groups attached to an aromatic ring is 1. The van der Waals surface area contributed by atoms with Gasteiger partial charge in [-0.2, -0.15) is 0 Å². The summed E-state index contributed by atoms with van der Waals surface area (Å²) in [5, 5.41) is 3.17. The monoisotopic (exact) mass is 388 g/mol. The molecule has 6 nitrogen and oxygen atoms in total. The van der Waals surface area contributed by atoms with Gasteiger partial charge in [0, 0.05) is 29.3 Å². The normalized spacial score (nSPS) is 17.1. The zero-order valence-electron chi connectivity index (χ0n) is 16.8. The summed E-state index contributed by atoms with van der Waals surface area (Å²) in [7, 11) is 0. The summed E-state index contributed by atoms with van der Waals surface area (Å²) in [6, 6.07) is 14.8. The van der Waals surface area contributed by atoms with Crippen molar-refractivity contribution in [1.29, 1.82) is 0 Å². The summed E-state index contributed by atoms with van der Waals surface area (Å²) in [5.41, 5.74) is 8.81. The molecule has 0 saturated carbocycles. The fourth-order valence-electron chi connectivity index (χ4n) is 3.64. The lowest BCUT2D eigenvalue weighted by Crippen LogP contribution is -2.41. The van der Waals surface area contributed by atoms with Crippen molar-refractivity contribution in [2.24, 2.45) is 0 Å². The van der Waals surface area contributed by atoms with Gasteiger partial charge in [0.15, 0.2) is 5.82 Å². The number of fused-ring (bicyclic) bond motifs is 1. The number of hydrogen-bond acceptors (Lipinski definition) is 5. The second kappa shape index (κ2) is 7.20. The Labute approximate surface area is 170 Å². The average Bonchev–Trinajstić information content (AvgIpc) is 2.67. The van der Waals surface area contributed by atoms with Gasteiger partial charge in [-0.05, 0) is 50.6 Å². The maximum Gasteiger partial charge on any atom is 0.251 e. The summed E-state index contributed by atoms with van der Waals surface area (Å²) in [6.45, 7) is 6.10. The quantitative estimate of drug-likeness (QED) is 0.706. The Balaban J connectivity index is 1.61. The van der Waals surface area contributed by atoms with Crippen LogP contribution < -0.4 is 15.8 Å². The number of rotatable bonds is 3. The molecular formula is C23H24N4O2. The van der Waals surface area contributed by atoms with E-state index in [4.69, 9.17) is 10.5 Å². The lowest BCUT2D eigenvalue weighted by atomic mass is 9.89. The van der Waals surface area contributed by atoms with Crippen molar-refractivity contribution >= 4 is 11.7 Å². The van der Waals surface area contributed by atoms with Crippen molar-refractivity contribution < 1.29 is 9.53 Å². The molecule has 2 aromatic carbocycles. The van der Waals surface area contributed by atoms with Crippen molar-refractivity contribution in [2.45, 2.75) is 38.8 Å². The SMILES string of the molecule is Cc1ccc2c(c1)OC(C)(C)CC2NC(=O)c1cccc(-c2nccc(N)n2)c1. The maximum absolute atomic E-state index is 13.0. The molecule has 148 valence electrons. The Hall–Kier alpha value is -3.41. The van der Waals surface area contributed by atoms with Crippen LogP contribution in [-0.4, -0.2) is 21.5 Å². The number of aryl methyl sites for hydroxylation is 1. The first-order valence-electron chi connectivity index (χ1n) is 9.60. The minimum Gasteiger partial charge on any atom is -0.487 e. The number of nitrogens with two attached hydrogens (primary N) is 1. The van der Waals surface area contributed by atoms with E-state index in [1.165, 1.54) is 0 Å². The number of carbonyl (C=O) groups excluding carboxylic acids is 1. The standard InChI is InChI=1S/C23H24N4O2/c1-14-7-8-17-18(13-23(2,3)29-19(17)11-14)26-22(28)16-6-4-5-15(12-16)21-25-10-9-20(24)27-21/h4-12,18H,13H2,1-3H3,(H,26,28)(H2,24,25,27). The molecule has 6 heteroatoms. The van der Waals surface area contributed by atoms with Gasteiger partial charge in [-0.25, -0.2) is 9.97 Å². The van der Waals surface area contributed by atoms with E-state index in [9.17, 15) is 4.79 Å². The molecule has 29 heavy (non-hydrogen) atoms. The fourth-order valence-corrected chi connectivity index (χ4v) is 3.64. The molecule has 0 bridgehead atoms. The molecule has 1 amide bonds. The first kappa shape index (κ1) is 18.9. The third-order valence-corrected chi connectivity index (χ3v) is 4.99. The molecular weight excluding hydrogens is 364 g/mol. The Morgan fingerprint density at radius 2 is 2.03 bits per heavy atom. The minimum atomic E-state index is -0.365. The number of ether oxygens (including phenoxy) is 1. The molecule has 0 aliphatic carbocycles. The van der Waals surface area contributed by atoms with Crippen LogP contribution in [0.2, 0.25) is 0 Å². The zero-order valence-corrected chi connectivity index (χ0v) is 16.8. The van der Waals surface area contributed by atoms with E-state index < -0.39 is 0 Å². The Morgan fingerprint density at radius 3 is 2.83 bits per heavy atom. The van der Waals surface area contributed by atoms with Gasteiger partial charge in [-0.1, -0.05) is 24.3 Å². The molecule has 1 unspecified atom stereocenters. The maximum atomic E-state index is 13.0. The number of nitrogens with one attached hydrogen (secondary N) is 1. The molecule has 0 saturated heterocycles. The molecule has 1 aliphatic heterocycles. The van der Waals surface area contributed by atoms with Gasteiger partial charge in [0.1, 0.15) is 17.2 Å². The first-order chi connectivity index (χ1) is 13.8. The van der Waals surface area contributed by atoms with Gasteiger partial charge in [0.05, 0.1) is 6.04 Å². The molecule has 4 rings (SSSR count). The highest BCUT2D eigenvalue weighted by Crippen LogP contribution is 2.40. The van der Waals surface area contributed by atoms with Crippen molar-refractivity contribution in [3.8, 4) is 17.1 Å². The summed E-state index contributed by atoms with van der Waals surface area (Å²) in [5.74, 6) is 1.56. The minimum absolute atomic E-state index is 0.130. The van der Waals surface area contributed by atoms with Crippen molar-refractivity contribution in [1.82, 2.24) is 15.3 Å². The van der Waals surface area contributed by atoms with Gasteiger partial charge in [-0.15, -0.1) is 0 Å². The second-order valence-electron chi connectivity index (χ2n) is 8.02. The molecule has 3 N–H and O–H groups in total. The van der Waals surface area contributed by atoms with Crippen molar-refractivity contribution in [3.63, 3.8) is 0 Å². The van der Waals surface area contributed by atoms with E-state index >= 15 is 0 Å². The van der Waals surface area contributed by atoms with Crippen molar-refractivity contribution in [3.05, 3.63) is 71.4 Å². The summed E-state index contributed by atoms with van der Waals surface area (Å²) in [6.07, 6.45) is 2.29. The van der Waals surface area contributed by atoms with Crippen LogP contribution in [-0.2, 0) is 0 Å². The number of benzene rings is 2.